The number of aliphatic hydroxyl groups is 1. The molecule has 2 saturated carbocycles. The summed E-state index contributed by atoms with van der Waals surface area (Å²) >= 11 is 12.5. The molecule has 36 heavy (non-hydrogen) atoms. The maximum Gasteiger partial charge on any atom is 0.335 e. The molecule has 1 aliphatic heterocycles. The normalized spacial score (nSPS) is 24.6. The van der Waals surface area contributed by atoms with Gasteiger partial charge >= 0.3 is 5.97 Å². The molecule has 2 aromatic carbocycles. The zero-order valence-electron chi connectivity index (χ0n) is 19.1. The fourth-order valence-electron chi connectivity index (χ4n) is 5.23. The molecule has 190 valence electrons. The molecule has 10 heteroatoms. The van der Waals surface area contributed by atoms with Crippen molar-refractivity contribution < 1.29 is 28.5 Å². The minimum Gasteiger partial charge on any atom is -0.508 e. The third-order valence-corrected chi connectivity index (χ3v) is 7.97. The summed E-state index contributed by atoms with van der Waals surface area (Å²) in [7, 11) is 0. The van der Waals surface area contributed by atoms with E-state index >= 15 is 0 Å². The van der Waals surface area contributed by atoms with Crippen molar-refractivity contribution in [2.24, 2.45) is 5.92 Å². The van der Waals surface area contributed by atoms with Crippen molar-refractivity contribution in [1.82, 2.24) is 0 Å². The number of aromatic carboxylic acids is 1. The van der Waals surface area contributed by atoms with Crippen LogP contribution in [0.25, 0.3) is 0 Å². The zero-order valence-corrected chi connectivity index (χ0v) is 20.6. The first-order valence-corrected chi connectivity index (χ1v) is 12.4. The van der Waals surface area contributed by atoms with Gasteiger partial charge in [-0.15, -0.1) is 0 Å². The van der Waals surface area contributed by atoms with Crippen molar-refractivity contribution in [3.05, 3.63) is 74.7 Å². The lowest BCUT2D eigenvalue weighted by atomic mass is 9.99. The fraction of sp³-hybridized carbons (Fsp3) is 0.385. The van der Waals surface area contributed by atoms with E-state index in [4.69, 9.17) is 38.5 Å². The first-order valence-electron chi connectivity index (χ1n) is 11.6. The van der Waals surface area contributed by atoms with Crippen molar-refractivity contribution in [3.63, 3.8) is 0 Å². The molecule has 2 aromatic rings. The van der Waals surface area contributed by atoms with Crippen LogP contribution in [0.15, 0.2) is 47.7 Å². The van der Waals surface area contributed by atoms with Gasteiger partial charge in [-0.05, 0) is 56.0 Å². The number of carboxylic acids is 1. The molecule has 2 aliphatic carbocycles. The number of allylic oxidation sites excluding steroid dienone is 1. The lowest BCUT2D eigenvalue weighted by molar-refractivity contribution is 0.0382. The second kappa shape index (κ2) is 9.32. The Balaban J connectivity index is 1.31. The summed E-state index contributed by atoms with van der Waals surface area (Å²) in [5.74, 6) is -2.23. The fourth-order valence-corrected chi connectivity index (χ4v) is 5.82. The van der Waals surface area contributed by atoms with Crippen LogP contribution in [0.3, 0.4) is 0 Å². The molecule has 0 spiro atoms. The quantitative estimate of drug-likeness (QED) is 0.276. The predicted octanol–water partition coefficient (Wildman–Crippen LogP) is 6.20. The molecule has 3 N–H and O–H groups in total. The molecule has 3 fully saturated rings. The van der Waals surface area contributed by atoms with Gasteiger partial charge < -0.3 is 19.8 Å². The number of nitrogens with zero attached hydrogens (tertiary/aromatic N) is 1. The number of halogens is 4. The Morgan fingerprint density at radius 3 is 2.42 bits per heavy atom. The molecular weight excluding hydrogens is 513 g/mol. The molecule has 1 saturated heterocycles. The zero-order chi connectivity index (χ0) is 25.8. The summed E-state index contributed by atoms with van der Waals surface area (Å²) in [6.07, 6.45) is 1.46. The van der Waals surface area contributed by atoms with Gasteiger partial charge in [-0.1, -0.05) is 29.3 Å². The summed E-state index contributed by atoms with van der Waals surface area (Å²) in [5, 5.41) is 28.9. The highest BCUT2D eigenvalue weighted by Crippen LogP contribution is 2.47. The number of hydrogen-bond donors (Lipinski definition) is 3. The summed E-state index contributed by atoms with van der Waals surface area (Å²) in [6, 6.07) is 8.67. The number of ether oxygens (including phenoxy) is 1. The van der Waals surface area contributed by atoms with Gasteiger partial charge in [0, 0.05) is 29.6 Å². The van der Waals surface area contributed by atoms with Gasteiger partial charge in [0.05, 0.1) is 39.7 Å². The number of hydrogen-bond acceptors (Lipinski definition) is 5. The second-order valence-corrected chi connectivity index (χ2v) is 10.4. The van der Waals surface area contributed by atoms with Gasteiger partial charge in [0.2, 0.25) is 0 Å². The van der Waals surface area contributed by atoms with Gasteiger partial charge in [0.25, 0.3) is 0 Å². The number of piperidine rings is 1. The van der Waals surface area contributed by atoms with Crippen molar-refractivity contribution in [2.75, 3.05) is 18.1 Å². The lowest BCUT2D eigenvalue weighted by Gasteiger charge is -2.33. The van der Waals surface area contributed by atoms with Gasteiger partial charge in [0.1, 0.15) is 11.6 Å². The topological polar surface area (TPSA) is 93.9 Å². The van der Waals surface area contributed by atoms with E-state index < -0.39 is 23.2 Å². The molecule has 3 atom stereocenters. The minimum atomic E-state index is -1.87. The molecule has 0 amide bonds. The standard InChI is InChI=1S/C26H24Cl2F2N2O4/c27-17-2-1-3-18(28)22(17)23(31)16(24(33)26(30)6-7-26)12-36-21-10-15-8-14(21)11-32(15)20-5-4-13(25(34)35)9-19(20)29/h1-5,9,14-15,21,31,33H,6-8,10-12H2,(H,34,35)/b24-16-,31-23?/t14-,15-,21+/m0/s1. The van der Waals surface area contributed by atoms with Crippen LogP contribution in [-0.2, 0) is 4.74 Å². The van der Waals surface area contributed by atoms with Gasteiger partial charge in [-0.25, -0.2) is 13.6 Å². The molecule has 0 radical (unpaired) electrons. The summed E-state index contributed by atoms with van der Waals surface area (Å²) < 4.78 is 35.6. The number of fused-ring (bicyclic) bond motifs is 2. The highest BCUT2D eigenvalue weighted by atomic mass is 35.5. The van der Waals surface area contributed by atoms with Crippen LogP contribution >= 0.6 is 23.2 Å². The van der Waals surface area contributed by atoms with Gasteiger partial charge in [-0.2, -0.15) is 0 Å². The van der Waals surface area contributed by atoms with Crippen LogP contribution in [0.2, 0.25) is 10.0 Å². The molecule has 1 heterocycles. The monoisotopic (exact) mass is 536 g/mol. The van der Waals surface area contributed by atoms with Crippen LogP contribution in [0.4, 0.5) is 14.5 Å². The van der Waals surface area contributed by atoms with E-state index in [2.05, 4.69) is 0 Å². The SMILES string of the molecule is N=C(/C(CO[C@@H]1C[C@@H]2C[C@H]1CN2c1ccc(C(=O)O)cc1F)=C(\O)C1(F)CC1)c1c(Cl)cccc1Cl. The highest BCUT2D eigenvalue weighted by molar-refractivity contribution is 6.41. The third kappa shape index (κ3) is 4.46. The van der Waals surface area contributed by atoms with Crippen LogP contribution in [-0.4, -0.2) is 52.9 Å². The molecule has 0 aromatic heterocycles. The molecule has 3 aliphatic rings. The van der Waals surface area contributed by atoms with Crippen molar-refractivity contribution in [2.45, 2.75) is 43.5 Å². The third-order valence-electron chi connectivity index (χ3n) is 7.34. The van der Waals surface area contributed by atoms with Crippen molar-refractivity contribution >= 4 is 40.6 Å². The van der Waals surface area contributed by atoms with E-state index in [0.29, 0.717) is 18.7 Å². The van der Waals surface area contributed by atoms with Crippen molar-refractivity contribution in [3.8, 4) is 0 Å². The average molecular weight is 537 g/mol. The van der Waals surface area contributed by atoms with Crippen LogP contribution in [0.5, 0.6) is 0 Å². The number of carbonyl (C=O) groups is 1. The summed E-state index contributed by atoms with van der Waals surface area (Å²) in [4.78, 5) is 13.0. The van der Waals surface area contributed by atoms with E-state index in [9.17, 15) is 18.7 Å². The Bertz CT molecular complexity index is 1260. The number of carboxylic acid groups (broad SMARTS) is 1. The summed E-state index contributed by atoms with van der Waals surface area (Å²) in [6.45, 7) is 0.331. The predicted molar refractivity (Wildman–Crippen MR) is 133 cm³/mol. The first kappa shape index (κ1) is 25.0. The van der Waals surface area contributed by atoms with Crippen LogP contribution < -0.4 is 4.90 Å². The molecule has 0 unspecified atom stereocenters. The first-order chi connectivity index (χ1) is 17.1. The maximum absolute atomic E-state index is 14.8. The lowest BCUT2D eigenvalue weighted by Crippen LogP contribution is -2.39. The number of benzene rings is 2. The number of anilines is 1. The largest absolute Gasteiger partial charge is 0.508 e. The number of aliphatic hydroxyl groups excluding tert-OH is 1. The molecular formula is C26H24Cl2F2N2O4. The molecule has 5 rings (SSSR count). The Morgan fingerprint density at radius 2 is 1.86 bits per heavy atom. The Hall–Kier alpha value is -2.68. The van der Waals surface area contributed by atoms with E-state index in [1.54, 1.807) is 18.2 Å². The van der Waals surface area contributed by atoms with E-state index in [-0.39, 0.29) is 70.0 Å². The second-order valence-electron chi connectivity index (χ2n) is 9.62. The number of rotatable bonds is 8. The Labute approximate surface area is 216 Å². The van der Waals surface area contributed by atoms with Gasteiger partial charge in [-0.3, -0.25) is 5.41 Å². The average Bonchev–Trinajstić information content (AvgIpc) is 3.28. The molecule has 6 nitrogen and oxygen atoms in total. The molecule has 2 bridgehead atoms. The Morgan fingerprint density at radius 1 is 1.17 bits per heavy atom. The van der Waals surface area contributed by atoms with Crippen LogP contribution in [0.1, 0.15) is 41.6 Å². The van der Waals surface area contributed by atoms with E-state index in [1.165, 1.54) is 12.1 Å². The van der Waals surface area contributed by atoms with E-state index in [0.717, 1.165) is 12.5 Å². The van der Waals surface area contributed by atoms with Crippen LogP contribution in [0, 0.1) is 17.1 Å². The minimum absolute atomic E-state index is 0.000354. The van der Waals surface area contributed by atoms with Crippen molar-refractivity contribution in [1.29, 1.82) is 5.41 Å². The summed E-state index contributed by atoms with van der Waals surface area (Å²) in [5.41, 5.74) is -1.59. The van der Waals surface area contributed by atoms with E-state index in [1.807, 2.05) is 4.90 Å². The maximum atomic E-state index is 14.8. The smallest absolute Gasteiger partial charge is 0.335 e. The number of alkyl halides is 1. The Kier molecular flexibility index (Phi) is 6.47. The van der Waals surface area contributed by atoms with Gasteiger partial charge in [0.15, 0.2) is 5.67 Å². The highest BCUT2D eigenvalue weighted by Gasteiger charge is 2.50. The number of nitrogens with one attached hydrogen (secondary N) is 1.